The molecule has 1 aromatic carbocycles. The van der Waals surface area contributed by atoms with Crippen molar-refractivity contribution in [2.45, 2.75) is 64.3 Å². The van der Waals surface area contributed by atoms with Crippen LogP contribution in [0.4, 0.5) is 0 Å². The minimum absolute atomic E-state index is 0.314. The number of hydrogen-bond donors (Lipinski definition) is 2. The van der Waals surface area contributed by atoms with Gasteiger partial charge in [-0.1, -0.05) is 69.7 Å². The molecule has 19 heavy (non-hydrogen) atoms. The summed E-state index contributed by atoms with van der Waals surface area (Å²) in [6.07, 6.45) is 10.7. The van der Waals surface area contributed by atoms with Gasteiger partial charge < -0.3 is 0 Å². The van der Waals surface area contributed by atoms with Crippen molar-refractivity contribution in [1.29, 1.82) is 0 Å². The van der Waals surface area contributed by atoms with Gasteiger partial charge in [-0.05, 0) is 29.9 Å². The molecule has 1 saturated carbocycles. The monoisotopic (exact) mass is 260 g/mol. The zero-order chi connectivity index (χ0) is 13.5. The molecule has 0 radical (unpaired) electrons. The molecule has 3 N–H and O–H groups in total. The largest absolute Gasteiger partial charge is 0.271 e. The summed E-state index contributed by atoms with van der Waals surface area (Å²) in [5.74, 6) is 6.62. The fraction of sp³-hybridized carbons (Fsp3) is 0.647. The van der Waals surface area contributed by atoms with Gasteiger partial charge in [0.1, 0.15) is 0 Å². The van der Waals surface area contributed by atoms with Crippen molar-refractivity contribution in [2.24, 2.45) is 11.8 Å². The van der Waals surface area contributed by atoms with E-state index in [-0.39, 0.29) is 0 Å². The van der Waals surface area contributed by atoms with E-state index in [0.717, 1.165) is 12.3 Å². The van der Waals surface area contributed by atoms with E-state index >= 15 is 0 Å². The Morgan fingerprint density at radius 1 is 1.11 bits per heavy atom. The molecule has 1 aliphatic rings. The van der Waals surface area contributed by atoms with E-state index in [0.29, 0.717) is 6.04 Å². The van der Waals surface area contributed by atoms with Crippen molar-refractivity contribution in [3.63, 3.8) is 0 Å². The van der Waals surface area contributed by atoms with Gasteiger partial charge in [0.05, 0.1) is 0 Å². The lowest BCUT2D eigenvalue weighted by Gasteiger charge is -2.22. The summed E-state index contributed by atoms with van der Waals surface area (Å²) in [5, 5.41) is 0. The third kappa shape index (κ3) is 4.32. The second-order valence-corrected chi connectivity index (χ2v) is 5.91. The molecule has 2 nitrogen and oxygen atoms in total. The molecule has 1 aromatic rings. The van der Waals surface area contributed by atoms with Gasteiger partial charge in [-0.3, -0.25) is 11.3 Å². The van der Waals surface area contributed by atoms with Gasteiger partial charge in [0, 0.05) is 6.04 Å². The minimum atomic E-state index is 0.314. The Labute approximate surface area is 117 Å². The molecule has 0 spiro atoms. The molecule has 1 aliphatic carbocycles. The molecule has 1 fully saturated rings. The van der Waals surface area contributed by atoms with Crippen LogP contribution in [-0.4, -0.2) is 0 Å². The average Bonchev–Trinajstić information content (AvgIpc) is 2.73. The molecule has 0 amide bonds. The number of nitrogens with one attached hydrogen (secondary N) is 1. The van der Waals surface area contributed by atoms with Crippen molar-refractivity contribution in [3.8, 4) is 0 Å². The van der Waals surface area contributed by atoms with Gasteiger partial charge >= 0.3 is 0 Å². The predicted octanol–water partition coefficient (Wildman–Crippen LogP) is 4.11. The Balaban J connectivity index is 1.97. The van der Waals surface area contributed by atoms with Crippen LogP contribution in [-0.2, 0) is 6.42 Å². The molecular formula is C17H28N2. The van der Waals surface area contributed by atoms with E-state index in [4.69, 9.17) is 5.84 Å². The lowest BCUT2D eigenvalue weighted by Crippen LogP contribution is -2.29. The summed E-state index contributed by atoms with van der Waals surface area (Å²) in [6.45, 7) is 2.19. The maximum Gasteiger partial charge on any atom is 0.0462 e. The molecule has 0 saturated heterocycles. The van der Waals surface area contributed by atoms with Crippen molar-refractivity contribution in [1.82, 2.24) is 5.43 Å². The van der Waals surface area contributed by atoms with Crippen LogP contribution in [0.5, 0.6) is 0 Å². The van der Waals surface area contributed by atoms with Crippen LogP contribution in [0, 0.1) is 5.92 Å². The van der Waals surface area contributed by atoms with Gasteiger partial charge in [-0.15, -0.1) is 0 Å². The van der Waals surface area contributed by atoms with E-state index in [1.165, 1.54) is 56.1 Å². The fourth-order valence-corrected chi connectivity index (χ4v) is 3.22. The van der Waals surface area contributed by atoms with Crippen LogP contribution >= 0.6 is 0 Å². The molecule has 0 aromatic heterocycles. The lowest BCUT2D eigenvalue weighted by molar-refractivity contribution is 0.359. The van der Waals surface area contributed by atoms with E-state index in [1.807, 2.05) is 0 Å². The number of benzene rings is 1. The Hall–Kier alpha value is -0.860. The molecule has 2 rings (SSSR count). The van der Waals surface area contributed by atoms with Crippen LogP contribution < -0.4 is 11.3 Å². The normalized spacial score (nSPS) is 19.1. The Kier molecular flexibility index (Phi) is 5.87. The number of hydrogen-bond acceptors (Lipinski definition) is 2. The van der Waals surface area contributed by atoms with Crippen LogP contribution in [0.2, 0.25) is 0 Å². The number of nitrogens with two attached hydrogens (primary N) is 1. The third-order valence-corrected chi connectivity index (χ3v) is 4.54. The zero-order valence-corrected chi connectivity index (χ0v) is 12.2. The van der Waals surface area contributed by atoms with Crippen molar-refractivity contribution in [2.75, 3.05) is 0 Å². The van der Waals surface area contributed by atoms with Crippen LogP contribution in [0.15, 0.2) is 24.3 Å². The summed E-state index contributed by atoms with van der Waals surface area (Å²) in [5.41, 5.74) is 5.76. The maximum absolute atomic E-state index is 5.78. The van der Waals surface area contributed by atoms with Gasteiger partial charge in [0.25, 0.3) is 0 Å². The highest BCUT2D eigenvalue weighted by molar-refractivity contribution is 5.25. The van der Waals surface area contributed by atoms with Gasteiger partial charge in [-0.2, -0.15) is 0 Å². The first kappa shape index (κ1) is 14.5. The Morgan fingerprint density at radius 3 is 2.26 bits per heavy atom. The van der Waals surface area contributed by atoms with E-state index < -0.39 is 0 Å². The van der Waals surface area contributed by atoms with Crippen molar-refractivity contribution >= 4 is 0 Å². The second kappa shape index (κ2) is 7.66. The number of hydrazine groups is 1. The van der Waals surface area contributed by atoms with Crippen molar-refractivity contribution in [3.05, 3.63) is 35.4 Å². The minimum Gasteiger partial charge on any atom is -0.271 e. The van der Waals surface area contributed by atoms with Crippen molar-refractivity contribution < 1.29 is 0 Å². The average molecular weight is 260 g/mol. The molecule has 1 unspecified atom stereocenters. The Morgan fingerprint density at radius 2 is 1.74 bits per heavy atom. The summed E-state index contributed by atoms with van der Waals surface area (Å²) >= 11 is 0. The first-order chi connectivity index (χ1) is 9.33. The first-order valence-electron chi connectivity index (χ1n) is 7.88. The molecule has 1 atom stereocenters. The van der Waals surface area contributed by atoms with Crippen LogP contribution in [0.1, 0.15) is 69.0 Å². The quantitative estimate of drug-likeness (QED) is 0.475. The van der Waals surface area contributed by atoms with Crippen LogP contribution in [0.3, 0.4) is 0 Å². The van der Waals surface area contributed by atoms with E-state index in [2.05, 4.69) is 36.6 Å². The topological polar surface area (TPSA) is 38.0 Å². The summed E-state index contributed by atoms with van der Waals surface area (Å²) in [4.78, 5) is 0. The second-order valence-electron chi connectivity index (χ2n) is 5.91. The number of aryl methyl sites for hydroxylation is 1. The lowest BCUT2D eigenvalue weighted by atomic mass is 9.89. The first-order valence-corrected chi connectivity index (χ1v) is 7.88. The molecule has 106 valence electrons. The SMILES string of the molecule is CCc1ccc(C(CC2CCCCCC2)NN)cc1. The molecule has 0 bridgehead atoms. The molecular weight excluding hydrogens is 232 g/mol. The Bertz CT molecular complexity index is 350. The third-order valence-electron chi connectivity index (χ3n) is 4.54. The summed E-state index contributed by atoms with van der Waals surface area (Å²) < 4.78 is 0. The van der Waals surface area contributed by atoms with E-state index in [1.54, 1.807) is 0 Å². The van der Waals surface area contributed by atoms with Gasteiger partial charge in [-0.25, -0.2) is 0 Å². The smallest absolute Gasteiger partial charge is 0.0462 e. The predicted molar refractivity (Wildman–Crippen MR) is 81.7 cm³/mol. The maximum atomic E-state index is 5.78. The standard InChI is InChI=1S/C17H28N2/c1-2-14-9-11-16(12-10-14)17(19-18)13-15-7-5-3-4-6-8-15/h9-12,15,17,19H,2-8,13,18H2,1H3. The van der Waals surface area contributed by atoms with Gasteiger partial charge in [0.15, 0.2) is 0 Å². The highest BCUT2D eigenvalue weighted by atomic mass is 15.2. The highest BCUT2D eigenvalue weighted by Crippen LogP contribution is 2.30. The van der Waals surface area contributed by atoms with Crippen LogP contribution in [0.25, 0.3) is 0 Å². The summed E-state index contributed by atoms with van der Waals surface area (Å²) in [7, 11) is 0. The number of rotatable bonds is 5. The fourth-order valence-electron chi connectivity index (χ4n) is 3.22. The highest BCUT2D eigenvalue weighted by Gasteiger charge is 2.18. The molecule has 0 heterocycles. The van der Waals surface area contributed by atoms with E-state index in [9.17, 15) is 0 Å². The zero-order valence-electron chi connectivity index (χ0n) is 12.2. The molecule has 2 heteroatoms. The summed E-state index contributed by atoms with van der Waals surface area (Å²) in [6, 6.07) is 9.24. The molecule has 0 aliphatic heterocycles. The van der Waals surface area contributed by atoms with Gasteiger partial charge in [0.2, 0.25) is 0 Å².